The van der Waals surface area contributed by atoms with E-state index in [1.54, 1.807) is 24.3 Å². The Kier molecular flexibility index (Phi) is 7.38. The van der Waals surface area contributed by atoms with Gasteiger partial charge in [0.25, 0.3) is 0 Å². The number of carbonyl (C=O) groups is 1. The lowest BCUT2D eigenvalue weighted by atomic mass is 10.1. The topological polar surface area (TPSA) is 75.3 Å². The van der Waals surface area contributed by atoms with Crippen molar-refractivity contribution in [2.24, 2.45) is 0 Å². The maximum absolute atomic E-state index is 12.5. The Morgan fingerprint density at radius 1 is 0.833 bits per heavy atom. The Morgan fingerprint density at radius 2 is 1.50 bits per heavy atom. The van der Waals surface area contributed by atoms with Gasteiger partial charge in [-0.3, -0.25) is 4.79 Å². The van der Waals surface area contributed by atoms with Crippen LogP contribution in [0.3, 0.4) is 0 Å². The molecule has 0 aliphatic rings. The Balaban J connectivity index is 1.54. The van der Waals surface area contributed by atoms with Crippen molar-refractivity contribution in [2.75, 3.05) is 5.32 Å². The highest BCUT2D eigenvalue weighted by molar-refractivity contribution is 7.89. The number of nitrogens with one attached hydrogen (secondary N) is 2. The van der Waals surface area contributed by atoms with E-state index in [0.717, 1.165) is 28.8 Å². The minimum Gasteiger partial charge on any atom is -0.326 e. The molecule has 156 valence electrons. The molecule has 0 spiro atoms. The molecule has 5 nitrogen and oxygen atoms in total. The van der Waals surface area contributed by atoms with E-state index in [2.05, 4.69) is 17.0 Å². The molecule has 0 radical (unpaired) electrons. The second-order valence-corrected chi connectivity index (χ2v) is 8.78. The first kappa shape index (κ1) is 21.7. The lowest BCUT2D eigenvalue weighted by molar-refractivity contribution is -0.116. The summed E-state index contributed by atoms with van der Waals surface area (Å²) in [6.45, 7) is 2.29. The van der Waals surface area contributed by atoms with Gasteiger partial charge in [-0.2, -0.15) is 0 Å². The smallest absolute Gasteiger partial charge is 0.240 e. The number of rotatable bonds is 9. The average Bonchev–Trinajstić information content (AvgIpc) is 2.78. The monoisotopic (exact) mass is 422 g/mol. The molecule has 0 saturated heterocycles. The summed E-state index contributed by atoms with van der Waals surface area (Å²) in [7, 11) is -3.58. The fraction of sp³-hybridized carbons (Fsp3) is 0.208. The van der Waals surface area contributed by atoms with Crippen LogP contribution in [0.25, 0.3) is 0 Å². The molecule has 3 rings (SSSR count). The van der Waals surface area contributed by atoms with Gasteiger partial charge in [-0.05, 0) is 47.7 Å². The number of hydrogen-bond donors (Lipinski definition) is 2. The van der Waals surface area contributed by atoms with Gasteiger partial charge in [-0.1, -0.05) is 67.6 Å². The highest BCUT2D eigenvalue weighted by Gasteiger charge is 2.14. The summed E-state index contributed by atoms with van der Waals surface area (Å²) in [5.41, 5.74) is 3.75. The molecule has 3 aromatic carbocycles. The summed E-state index contributed by atoms with van der Waals surface area (Å²) in [5.74, 6) is -0.0582. The third-order valence-electron chi connectivity index (χ3n) is 4.86. The molecule has 0 aliphatic heterocycles. The standard InChI is InChI=1S/C24H26N2O3S/c1-2-21-10-6-7-11-23(21)26-24(27)17-14-19-12-15-22(16-13-19)30(28,29)25-18-20-8-4-3-5-9-20/h3-13,15-16,25H,2,14,17-18H2,1H3,(H,26,27). The summed E-state index contributed by atoms with van der Waals surface area (Å²) >= 11 is 0. The lowest BCUT2D eigenvalue weighted by Gasteiger charge is -2.10. The predicted molar refractivity (Wildman–Crippen MR) is 120 cm³/mol. The summed E-state index contributed by atoms with van der Waals surface area (Å²) in [5, 5.41) is 2.95. The normalized spacial score (nSPS) is 11.2. The second-order valence-electron chi connectivity index (χ2n) is 7.01. The van der Waals surface area contributed by atoms with E-state index in [-0.39, 0.29) is 17.3 Å². The largest absolute Gasteiger partial charge is 0.326 e. The van der Waals surface area contributed by atoms with E-state index < -0.39 is 10.0 Å². The fourth-order valence-corrected chi connectivity index (χ4v) is 4.13. The van der Waals surface area contributed by atoms with Crippen LogP contribution in [0.5, 0.6) is 0 Å². The summed E-state index contributed by atoms with van der Waals surface area (Å²) in [6.07, 6.45) is 1.72. The molecule has 3 aromatic rings. The van der Waals surface area contributed by atoms with E-state index in [1.807, 2.05) is 54.6 Å². The summed E-state index contributed by atoms with van der Waals surface area (Å²) in [4.78, 5) is 12.5. The van der Waals surface area contributed by atoms with E-state index >= 15 is 0 Å². The highest BCUT2D eigenvalue weighted by atomic mass is 32.2. The first-order valence-electron chi connectivity index (χ1n) is 9.98. The van der Waals surface area contributed by atoms with E-state index in [9.17, 15) is 13.2 Å². The quantitative estimate of drug-likeness (QED) is 0.540. The van der Waals surface area contributed by atoms with E-state index in [0.29, 0.717) is 12.8 Å². The zero-order chi connectivity index (χ0) is 21.4. The molecule has 0 unspecified atom stereocenters. The van der Waals surface area contributed by atoms with Crippen molar-refractivity contribution in [3.8, 4) is 0 Å². The third-order valence-corrected chi connectivity index (χ3v) is 6.27. The van der Waals surface area contributed by atoms with Crippen LogP contribution in [0.1, 0.15) is 30.0 Å². The van der Waals surface area contributed by atoms with Crippen LogP contribution < -0.4 is 10.0 Å². The molecule has 30 heavy (non-hydrogen) atoms. The van der Waals surface area contributed by atoms with Crippen LogP contribution in [-0.2, 0) is 34.2 Å². The van der Waals surface area contributed by atoms with Crippen molar-refractivity contribution < 1.29 is 13.2 Å². The van der Waals surface area contributed by atoms with E-state index in [1.165, 1.54) is 0 Å². The molecule has 0 atom stereocenters. The molecule has 0 bridgehead atoms. The van der Waals surface area contributed by atoms with Crippen LogP contribution >= 0.6 is 0 Å². The van der Waals surface area contributed by atoms with Crippen molar-refractivity contribution in [1.82, 2.24) is 4.72 Å². The Bertz CT molecular complexity index is 1080. The zero-order valence-corrected chi connectivity index (χ0v) is 17.8. The molecule has 0 heterocycles. The molecule has 0 saturated carbocycles. The maximum Gasteiger partial charge on any atom is 0.240 e. The third kappa shape index (κ3) is 6.02. The molecule has 0 fully saturated rings. The molecule has 0 aromatic heterocycles. The highest BCUT2D eigenvalue weighted by Crippen LogP contribution is 2.17. The second kappa shape index (κ2) is 10.2. The zero-order valence-electron chi connectivity index (χ0n) is 17.0. The van der Waals surface area contributed by atoms with Gasteiger partial charge in [0.05, 0.1) is 4.90 Å². The van der Waals surface area contributed by atoms with Gasteiger partial charge in [0.2, 0.25) is 15.9 Å². The molecule has 1 amide bonds. The first-order valence-corrected chi connectivity index (χ1v) is 11.5. The number of para-hydroxylation sites is 1. The van der Waals surface area contributed by atoms with Gasteiger partial charge >= 0.3 is 0 Å². The molecule has 0 aliphatic carbocycles. The van der Waals surface area contributed by atoms with Crippen molar-refractivity contribution in [2.45, 2.75) is 37.6 Å². The molecular formula is C24H26N2O3S. The van der Waals surface area contributed by atoms with Crippen molar-refractivity contribution in [3.63, 3.8) is 0 Å². The van der Waals surface area contributed by atoms with Crippen molar-refractivity contribution in [3.05, 3.63) is 95.6 Å². The predicted octanol–water partition coefficient (Wildman–Crippen LogP) is 4.30. The van der Waals surface area contributed by atoms with Crippen LogP contribution in [0, 0.1) is 0 Å². The summed E-state index contributed by atoms with van der Waals surface area (Å²) in [6, 6.07) is 23.8. The minimum atomic E-state index is -3.58. The maximum atomic E-state index is 12.5. The van der Waals surface area contributed by atoms with Crippen molar-refractivity contribution in [1.29, 1.82) is 0 Å². The number of hydrogen-bond acceptors (Lipinski definition) is 3. The van der Waals surface area contributed by atoms with Crippen LogP contribution in [0.15, 0.2) is 83.8 Å². The van der Waals surface area contributed by atoms with Gasteiger partial charge in [-0.25, -0.2) is 13.1 Å². The van der Waals surface area contributed by atoms with Crippen LogP contribution in [0.2, 0.25) is 0 Å². The molecular weight excluding hydrogens is 396 g/mol. The van der Waals surface area contributed by atoms with E-state index in [4.69, 9.17) is 0 Å². The number of anilines is 1. The van der Waals surface area contributed by atoms with Gasteiger partial charge in [0, 0.05) is 18.7 Å². The van der Waals surface area contributed by atoms with Gasteiger partial charge in [0.15, 0.2) is 0 Å². The number of benzene rings is 3. The Morgan fingerprint density at radius 3 is 2.20 bits per heavy atom. The van der Waals surface area contributed by atoms with Gasteiger partial charge in [0.1, 0.15) is 0 Å². The average molecular weight is 423 g/mol. The lowest BCUT2D eigenvalue weighted by Crippen LogP contribution is -2.23. The SMILES string of the molecule is CCc1ccccc1NC(=O)CCc1ccc(S(=O)(=O)NCc2ccccc2)cc1. The Labute approximate surface area is 178 Å². The van der Waals surface area contributed by atoms with Gasteiger partial charge in [-0.15, -0.1) is 0 Å². The summed E-state index contributed by atoms with van der Waals surface area (Å²) < 4.78 is 27.5. The molecule has 2 N–H and O–H groups in total. The minimum absolute atomic E-state index is 0.0582. The van der Waals surface area contributed by atoms with Crippen molar-refractivity contribution >= 4 is 21.6 Å². The number of amides is 1. The Hall–Kier alpha value is -2.96. The fourth-order valence-electron chi connectivity index (χ4n) is 3.11. The number of aryl methyl sites for hydroxylation is 2. The molecule has 6 heteroatoms. The van der Waals surface area contributed by atoms with Gasteiger partial charge < -0.3 is 5.32 Å². The number of carbonyl (C=O) groups excluding carboxylic acids is 1. The first-order chi connectivity index (χ1) is 14.5. The van der Waals surface area contributed by atoms with Crippen LogP contribution in [-0.4, -0.2) is 14.3 Å². The number of sulfonamides is 1. The van der Waals surface area contributed by atoms with Crippen LogP contribution in [0.4, 0.5) is 5.69 Å².